The van der Waals surface area contributed by atoms with Crippen molar-refractivity contribution in [2.75, 3.05) is 11.4 Å². The first-order chi connectivity index (χ1) is 9.52. The summed E-state index contributed by atoms with van der Waals surface area (Å²) in [6, 6.07) is 7.16. The van der Waals surface area contributed by atoms with E-state index in [-0.39, 0.29) is 21.9 Å². The third kappa shape index (κ3) is 3.08. The third-order valence-electron chi connectivity index (χ3n) is 2.74. The van der Waals surface area contributed by atoms with Crippen molar-refractivity contribution in [2.24, 2.45) is 0 Å². The van der Waals surface area contributed by atoms with Gasteiger partial charge >= 0.3 is 0 Å². The Kier molecular flexibility index (Phi) is 4.57. The fourth-order valence-electron chi connectivity index (χ4n) is 1.76. The normalized spacial score (nSPS) is 10.4. The molecule has 0 saturated carbocycles. The van der Waals surface area contributed by atoms with Gasteiger partial charge in [0.05, 0.1) is 10.6 Å². The van der Waals surface area contributed by atoms with E-state index in [1.807, 2.05) is 6.92 Å². The Bertz CT molecular complexity index is 632. The number of pyridine rings is 1. The summed E-state index contributed by atoms with van der Waals surface area (Å²) in [6.07, 6.45) is 1.36. The zero-order valence-electron chi connectivity index (χ0n) is 10.6. The minimum atomic E-state index is -0.353. The van der Waals surface area contributed by atoms with Crippen molar-refractivity contribution in [3.05, 3.63) is 58.1 Å². The van der Waals surface area contributed by atoms with Crippen LogP contribution in [0.5, 0.6) is 0 Å². The van der Waals surface area contributed by atoms with E-state index >= 15 is 0 Å². The van der Waals surface area contributed by atoms with E-state index in [0.717, 1.165) is 0 Å². The molecule has 1 aromatic carbocycles. The van der Waals surface area contributed by atoms with Crippen LogP contribution in [0.4, 0.5) is 10.1 Å². The van der Waals surface area contributed by atoms with E-state index < -0.39 is 0 Å². The second kappa shape index (κ2) is 6.20. The molecule has 0 aliphatic carbocycles. The highest BCUT2D eigenvalue weighted by atomic mass is 35.5. The van der Waals surface area contributed by atoms with Crippen LogP contribution in [0.3, 0.4) is 0 Å². The number of carbonyl (C=O) groups is 1. The van der Waals surface area contributed by atoms with Crippen molar-refractivity contribution in [3.8, 4) is 0 Å². The fourth-order valence-corrected chi connectivity index (χ4v) is 2.03. The van der Waals surface area contributed by atoms with Crippen LogP contribution in [-0.4, -0.2) is 17.4 Å². The van der Waals surface area contributed by atoms with Gasteiger partial charge in [0.15, 0.2) is 0 Å². The maximum Gasteiger partial charge on any atom is 0.259 e. The number of carbonyl (C=O) groups excluding carboxylic acids is 1. The summed E-state index contributed by atoms with van der Waals surface area (Å²) in [7, 11) is 0. The Hall–Kier alpha value is -1.65. The standard InChI is InChI=1S/C14H11Cl2FN2O/c1-2-19(11-5-3-10(17)4-6-11)14(20)9-7-12(15)13(16)18-8-9/h3-8H,2H2,1H3. The number of aromatic nitrogens is 1. The molecule has 1 amide bonds. The lowest BCUT2D eigenvalue weighted by atomic mass is 10.2. The molecule has 20 heavy (non-hydrogen) atoms. The summed E-state index contributed by atoms with van der Waals surface area (Å²) in [4.78, 5) is 17.8. The number of nitrogens with zero attached hydrogens (tertiary/aromatic N) is 2. The first kappa shape index (κ1) is 14.8. The Morgan fingerprint density at radius 3 is 2.50 bits per heavy atom. The van der Waals surface area contributed by atoms with Crippen molar-refractivity contribution in [2.45, 2.75) is 6.92 Å². The van der Waals surface area contributed by atoms with Gasteiger partial charge in [-0.3, -0.25) is 4.79 Å². The molecule has 2 rings (SSSR count). The van der Waals surface area contributed by atoms with Gasteiger partial charge in [-0.1, -0.05) is 23.2 Å². The van der Waals surface area contributed by atoms with Crippen LogP contribution in [0.2, 0.25) is 10.2 Å². The smallest absolute Gasteiger partial charge is 0.259 e. The molecule has 6 heteroatoms. The molecule has 3 nitrogen and oxygen atoms in total. The van der Waals surface area contributed by atoms with E-state index in [1.54, 1.807) is 12.1 Å². The minimum absolute atomic E-state index is 0.146. The Balaban J connectivity index is 2.33. The topological polar surface area (TPSA) is 33.2 Å². The molecule has 1 heterocycles. The molecule has 0 saturated heterocycles. The molecule has 1 aromatic heterocycles. The maximum absolute atomic E-state index is 12.9. The molecule has 0 atom stereocenters. The highest BCUT2D eigenvalue weighted by Crippen LogP contribution is 2.22. The van der Waals surface area contributed by atoms with Gasteiger partial charge in [-0.05, 0) is 37.3 Å². The molecule has 0 radical (unpaired) electrons. The average Bonchev–Trinajstić information content (AvgIpc) is 2.44. The van der Waals surface area contributed by atoms with E-state index in [0.29, 0.717) is 17.8 Å². The second-order valence-electron chi connectivity index (χ2n) is 4.02. The number of halogens is 3. The summed E-state index contributed by atoms with van der Waals surface area (Å²) in [6.45, 7) is 2.26. The van der Waals surface area contributed by atoms with Crippen molar-refractivity contribution in [3.63, 3.8) is 0 Å². The van der Waals surface area contributed by atoms with Gasteiger partial charge in [0, 0.05) is 18.4 Å². The minimum Gasteiger partial charge on any atom is -0.309 e. The first-order valence-electron chi connectivity index (χ1n) is 5.91. The van der Waals surface area contributed by atoms with Gasteiger partial charge in [0.2, 0.25) is 0 Å². The zero-order valence-corrected chi connectivity index (χ0v) is 12.1. The second-order valence-corrected chi connectivity index (χ2v) is 4.79. The lowest BCUT2D eigenvalue weighted by Gasteiger charge is -2.21. The number of hydrogen-bond donors (Lipinski definition) is 0. The Labute approximate surface area is 125 Å². The summed E-state index contributed by atoms with van der Waals surface area (Å²) < 4.78 is 12.9. The SMILES string of the molecule is CCN(C(=O)c1cnc(Cl)c(Cl)c1)c1ccc(F)cc1. The molecule has 0 fully saturated rings. The zero-order chi connectivity index (χ0) is 14.7. The molecule has 104 valence electrons. The molecule has 0 unspecified atom stereocenters. The molecule has 0 bridgehead atoms. The molecule has 0 aliphatic rings. The number of benzene rings is 1. The predicted octanol–water partition coefficient (Wildman–Crippen LogP) is 4.19. The quantitative estimate of drug-likeness (QED) is 0.796. The van der Waals surface area contributed by atoms with Crippen LogP contribution in [0.15, 0.2) is 36.5 Å². The first-order valence-corrected chi connectivity index (χ1v) is 6.67. The molecular formula is C14H11Cl2FN2O. The highest BCUT2D eigenvalue weighted by Gasteiger charge is 2.17. The fraction of sp³-hybridized carbons (Fsp3) is 0.143. The van der Waals surface area contributed by atoms with Gasteiger partial charge in [0.25, 0.3) is 5.91 Å². The van der Waals surface area contributed by atoms with Crippen LogP contribution in [0, 0.1) is 5.82 Å². The number of rotatable bonds is 3. The van der Waals surface area contributed by atoms with Gasteiger partial charge < -0.3 is 4.90 Å². The molecule has 0 spiro atoms. The van der Waals surface area contributed by atoms with Gasteiger partial charge in [-0.25, -0.2) is 9.37 Å². The Morgan fingerprint density at radius 1 is 1.30 bits per heavy atom. The van der Waals surface area contributed by atoms with E-state index in [9.17, 15) is 9.18 Å². The summed E-state index contributed by atoms with van der Waals surface area (Å²) in [5.74, 6) is -0.626. The lowest BCUT2D eigenvalue weighted by Crippen LogP contribution is -2.30. The average molecular weight is 313 g/mol. The van der Waals surface area contributed by atoms with Crippen molar-refractivity contribution >= 4 is 34.8 Å². The van der Waals surface area contributed by atoms with Crippen LogP contribution < -0.4 is 4.90 Å². The lowest BCUT2D eigenvalue weighted by molar-refractivity contribution is 0.0988. The molecule has 0 N–H and O–H groups in total. The van der Waals surface area contributed by atoms with Crippen molar-refractivity contribution in [1.29, 1.82) is 0 Å². The highest BCUT2D eigenvalue weighted by molar-refractivity contribution is 6.41. The van der Waals surface area contributed by atoms with Crippen LogP contribution in [0.25, 0.3) is 0 Å². The third-order valence-corrected chi connectivity index (χ3v) is 3.43. The van der Waals surface area contributed by atoms with Gasteiger partial charge in [-0.15, -0.1) is 0 Å². The Morgan fingerprint density at radius 2 is 1.95 bits per heavy atom. The number of anilines is 1. The van der Waals surface area contributed by atoms with Crippen molar-refractivity contribution in [1.82, 2.24) is 4.98 Å². The molecule has 0 aliphatic heterocycles. The number of hydrogen-bond acceptors (Lipinski definition) is 2. The molecule has 2 aromatic rings. The molecular weight excluding hydrogens is 302 g/mol. The van der Waals surface area contributed by atoms with Crippen LogP contribution >= 0.6 is 23.2 Å². The van der Waals surface area contributed by atoms with Crippen molar-refractivity contribution < 1.29 is 9.18 Å². The van der Waals surface area contributed by atoms with Gasteiger partial charge in [-0.2, -0.15) is 0 Å². The maximum atomic E-state index is 12.9. The summed E-state index contributed by atoms with van der Waals surface area (Å²) in [5.41, 5.74) is 0.926. The summed E-state index contributed by atoms with van der Waals surface area (Å²) >= 11 is 11.6. The largest absolute Gasteiger partial charge is 0.309 e. The van der Waals surface area contributed by atoms with E-state index in [2.05, 4.69) is 4.98 Å². The number of amides is 1. The van der Waals surface area contributed by atoms with E-state index in [1.165, 1.54) is 29.3 Å². The van der Waals surface area contributed by atoms with Crippen LogP contribution in [-0.2, 0) is 0 Å². The van der Waals surface area contributed by atoms with Crippen LogP contribution in [0.1, 0.15) is 17.3 Å². The summed E-state index contributed by atoms with van der Waals surface area (Å²) in [5, 5.41) is 0.362. The predicted molar refractivity (Wildman–Crippen MR) is 78.0 cm³/mol. The van der Waals surface area contributed by atoms with E-state index in [4.69, 9.17) is 23.2 Å². The van der Waals surface area contributed by atoms with Gasteiger partial charge in [0.1, 0.15) is 11.0 Å². The monoisotopic (exact) mass is 312 g/mol.